The van der Waals surface area contributed by atoms with Gasteiger partial charge in [-0.15, -0.1) is 6.58 Å². The van der Waals surface area contributed by atoms with Crippen LogP contribution in [0.3, 0.4) is 0 Å². The number of aromatic nitrogens is 3. The Bertz CT molecular complexity index is 403. The molecular weight excluding hydrogens is 246 g/mol. The second kappa shape index (κ2) is 6.58. The molecule has 0 unspecified atom stereocenters. The highest BCUT2D eigenvalue weighted by atomic mass is 32.2. The predicted octanol–water partition coefficient (Wildman–Crippen LogP) is 2.18. The van der Waals surface area contributed by atoms with Crippen LogP contribution < -0.4 is 10.2 Å². The summed E-state index contributed by atoms with van der Waals surface area (Å²) in [5.74, 6) is 2.28. The molecule has 18 heavy (non-hydrogen) atoms. The van der Waals surface area contributed by atoms with E-state index in [-0.39, 0.29) is 0 Å². The molecule has 1 saturated heterocycles. The van der Waals surface area contributed by atoms with E-state index in [4.69, 9.17) is 0 Å². The number of rotatable bonds is 6. The van der Waals surface area contributed by atoms with Gasteiger partial charge < -0.3 is 10.2 Å². The number of anilines is 2. The van der Waals surface area contributed by atoms with Crippen molar-refractivity contribution in [2.75, 3.05) is 35.6 Å². The van der Waals surface area contributed by atoms with Crippen LogP contribution in [0.2, 0.25) is 0 Å². The molecule has 1 aromatic heterocycles. The summed E-state index contributed by atoms with van der Waals surface area (Å²) in [5.41, 5.74) is 0. The third-order valence-electron chi connectivity index (χ3n) is 2.66. The van der Waals surface area contributed by atoms with Crippen molar-refractivity contribution in [1.29, 1.82) is 0 Å². The first kappa shape index (κ1) is 13.1. The van der Waals surface area contributed by atoms with Crippen molar-refractivity contribution in [2.24, 2.45) is 0 Å². The summed E-state index contributed by atoms with van der Waals surface area (Å²) in [4.78, 5) is 15.6. The lowest BCUT2D eigenvalue weighted by Gasteiger charge is -2.16. The Hall–Kier alpha value is -1.30. The zero-order valence-electron chi connectivity index (χ0n) is 10.7. The molecule has 0 radical (unpaired) electrons. The van der Waals surface area contributed by atoms with E-state index in [0.717, 1.165) is 36.5 Å². The highest BCUT2D eigenvalue weighted by molar-refractivity contribution is 7.99. The predicted molar refractivity (Wildman–Crippen MR) is 76.4 cm³/mol. The summed E-state index contributed by atoms with van der Waals surface area (Å²) in [6.07, 6.45) is 4.30. The minimum Gasteiger partial charge on any atom is -0.354 e. The topological polar surface area (TPSA) is 53.9 Å². The van der Waals surface area contributed by atoms with Crippen LogP contribution in [0.5, 0.6) is 0 Å². The number of nitrogens with one attached hydrogen (secondary N) is 1. The molecule has 98 valence electrons. The second-order valence-electron chi connectivity index (χ2n) is 4.07. The maximum atomic E-state index is 4.51. The van der Waals surface area contributed by atoms with Gasteiger partial charge in [0, 0.05) is 25.4 Å². The zero-order valence-corrected chi connectivity index (χ0v) is 11.5. The van der Waals surface area contributed by atoms with Crippen LogP contribution in [0.1, 0.15) is 19.8 Å². The van der Waals surface area contributed by atoms with Crippen molar-refractivity contribution in [3.8, 4) is 0 Å². The number of nitrogens with zero attached hydrogens (tertiary/aromatic N) is 4. The molecular formula is C12H19N5S. The normalized spacial score (nSPS) is 14.8. The molecule has 0 spiro atoms. The quantitative estimate of drug-likeness (QED) is 0.628. The molecule has 1 fully saturated rings. The van der Waals surface area contributed by atoms with Gasteiger partial charge in [-0.05, 0) is 19.8 Å². The minimum atomic E-state index is 0.668. The van der Waals surface area contributed by atoms with Crippen molar-refractivity contribution in [2.45, 2.75) is 24.9 Å². The Morgan fingerprint density at radius 3 is 2.78 bits per heavy atom. The van der Waals surface area contributed by atoms with Crippen LogP contribution in [-0.4, -0.2) is 40.3 Å². The zero-order chi connectivity index (χ0) is 12.8. The van der Waals surface area contributed by atoms with Gasteiger partial charge in [0.2, 0.25) is 11.9 Å². The molecule has 1 aliphatic rings. The van der Waals surface area contributed by atoms with Crippen LogP contribution in [0.25, 0.3) is 0 Å². The molecule has 5 nitrogen and oxygen atoms in total. The lowest BCUT2D eigenvalue weighted by Crippen LogP contribution is -2.21. The molecule has 1 N–H and O–H groups in total. The first-order chi connectivity index (χ1) is 8.83. The van der Waals surface area contributed by atoms with Crippen molar-refractivity contribution in [1.82, 2.24) is 15.0 Å². The first-order valence-corrected chi connectivity index (χ1v) is 7.30. The van der Waals surface area contributed by atoms with Gasteiger partial charge in [0.05, 0.1) is 0 Å². The molecule has 0 atom stereocenters. The summed E-state index contributed by atoms with van der Waals surface area (Å²) in [7, 11) is 0. The van der Waals surface area contributed by atoms with E-state index in [1.165, 1.54) is 12.8 Å². The summed E-state index contributed by atoms with van der Waals surface area (Å²) in [5, 5.41) is 3.93. The van der Waals surface area contributed by atoms with E-state index < -0.39 is 0 Å². The molecule has 0 aromatic carbocycles. The number of hydrogen-bond acceptors (Lipinski definition) is 6. The first-order valence-electron chi connectivity index (χ1n) is 6.32. The number of hydrogen-bond donors (Lipinski definition) is 1. The van der Waals surface area contributed by atoms with Gasteiger partial charge in [-0.3, -0.25) is 0 Å². The Balaban J connectivity index is 2.20. The fraction of sp³-hybridized carbons (Fsp3) is 0.583. The van der Waals surface area contributed by atoms with Crippen LogP contribution in [0.15, 0.2) is 17.8 Å². The fourth-order valence-electron chi connectivity index (χ4n) is 1.84. The van der Waals surface area contributed by atoms with Gasteiger partial charge in [0.15, 0.2) is 5.16 Å². The molecule has 0 amide bonds. The SMILES string of the molecule is C=CCSc1nc(NCC)nc(N2CCCC2)n1. The summed E-state index contributed by atoms with van der Waals surface area (Å²) >= 11 is 1.59. The molecule has 2 heterocycles. The third kappa shape index (κ3) is 3.35. The molecule has 6 heteroatoms. The molecule has 0 saturated carbocycles. The summed E-state index contributed by atoms with van der Waals surface area (Å²) < 4.78 is 0. The molecule has 0 aliphatic carbocycles. The van der Waals surface area contributed by atoms with Gasteiger partial charge in [0.25, 0.3) is 0 Å². The average Bonchev–Trinajstić information content (AvgIpc) is 2.90. The van der Waals surface area contributed by atoms with Gasteiger partial charge in [-0.1, -0.05) is 17.8 Å². The van der Waals surface area contributed by atoms with Crippen LogP contribution in [-0.2, 0) is 0 Å². The van der Waals surface area contributed by atoms with Crippen LogP contribution in [0.4, 0.5) is 11.9 Å². The van der Waals surface area contributed by atoms with Crippen molar-refractivity contribution in [3.05, 3.63) is 12.7 Å². The summed E-state index contributed by atoms with van der Waals surface area (Å²) in [6, 6.07) is 0. The van der Waals surface area contributed by atoms with Gasteiger partial charge in [-0.2, -0.15) is 15.0 Å². The van der Waals surface area contributed by atoms with Gasteiger partial charge in [0.1, 0.15) is 0 Å². The van der Waals surface area contributed by atoms with Crippen LogP contribution in [0, 0.1) is 0 Å². The highest BCUT2D eigenvalue weighted by Gasteiger charge is 2.17. The Morgan fingerprint density at radius 2 is 2.11 bits per heavy atom. The third-order valence-corrected chi connectivity index (χ3v) is 3.50. The Kier molecular flexibility index (Phi) is 4.81. The van der Waals surface area contributed by atoms with Crippen molar-refractivity contribution < 1.29 is 0 Å². The highest BCUT2D eigenvalue weighted by Crippen LogP contribution is 2.21. The molecule has 2 rings (SSSR count). The second-order valence-corrected chi connectivity index (χ2v) is 5.05. The smallest absolute Gasteiger partial charge is 0.231 e. The maximum Gasteiger partial charge on any atom is 0.231 e. The van der Waals surface area contributed by atoms with E-state index in [0.29, 0.717) is 5.95 Å². The standard InChI is InChI=1S/C12H19N5S/c1-3-9-18-12-15-10(13-4-2)14-11(16-12)17-7-5-6-8-17/h3H,1,4-9H2,2H3,(H,13,14,15,16). The van der Waals surface area contributed by atoms with E-state index in [2.05, 4.69) is 31.7 Å². The monoisotopic (exact) mass is 265 g/mol. The molecule has 0 bridgehead atoms. The minimum absolute atomic E-state index is 0.668. The lowest BCUT2D eigenvalue weighted by molar-refractivity contribution is 0.827. The van der Waals surface area contributed by atoms with Crippen molar-refractivity contribution in [3.63, 3.8) is 0 Å². The van der Waals surface area contributed by atoms with E-state index in [1.54, 1.807) is 11.8 Å². The van der Waals surface area contributed by atoms with Gasteiger partial charge in [-0.25, -0.2) is 0 Å². The summed E-state index contributed by atoms with van der Waals surface area (Å²) in [6.45, 7) is 8.65. The fourth-order valence-corrected chi connectivity index (χ4v) is 2.40. The Morgan fingerprint density at radius 1 is 1.33 bits per heavy atom. The Labute approximate surface area is 112 Å². The average molecular weight is 265 g/mol. The number of thioether (sulfide) groups is 1. The van der Waals surface area contributed by atoms with Crippen molar-refractivity contribution >= 4 is 23.7 Å². The maximum absolute atomic E-state index is 4.51. The van der Waals surface area contributed by atoms with E-state index in [9.17, 15) is 0 Å². The molecule has 1 aliphatic heterocycles. The van der Waals surface area contributed by atoms with E-state index >= 15 is 0 Å². The molecule has 1 aromatic rings. The van der Waals surface area contributed by atoms with Gasteiger partial charge >= 0.3 is 0 Å². The lowest BCUT2D eigenvalue weighted by atomic mass is 10.4. The van der Waals surface area contributed by atoms with E-state index in [1.807, 2.05) is 13.0 Å². The largest absolute Gasteiger partial charge is 0.354 e. The van der Waals surface area contributed by atoms with Crippen LogP contribution >= 0.6 is 11.8 Å².